The molecule has 0 saturated heterocycles. The monoisotopic (exact) mass is 435 g/mol. The van der Waals surface area contributed by atoms with E-state index in [1.165, 1.54) is 0 Å². The van der Waals surface area contributed by atoms with E-state index in [1.54, 1.807) is 46.1 Å². The Balaban J connectivity index is 1.83. The van der Waals surface area contributed by atoms with Crippen molar-refractivity contribution in [1.29, 1.82) is 0 Å². The summed E-state index contributed by atoms with van der Waals surface area (Å²) in [5, 5.41) is 4.39. The largest absolute Gasteiger partial charge is 0.459 e. The Morgan fingerprint density at radius 1 is 1.30 bits per heavy atom. The van der Waals surface area contributed by atoms with Crippen LogP contribution in [0.25, 0.3) is 10.9 Å². The lowest BCUT2D eigenvalue weighted by Crippen LogP contribution is -2.67. The van der Waals surface area contributed by atoms with Gasteiger partial charge in [-0.15, -0.1) is 0 Å². The first-order valence-electron chi connectivity index (χ1n) is 10.1. The molecule has 1 amide bonds. The number of amides is 1. The van der Waals surface area contributed by atoms with E-state index in [0.717, 1.165) is 17.3 Å². The van der Waals surface area contributed by atoms with Gasteiger partial charge in [0, 0.05) is 29.6 Å². The number of hydrogen-bond donors (Lipinski definition) is 3. The van der Waals surface area contributed by atoms with Crippen LogP contribution >= 0.6 is 11.6 Å². The number of rotatable bonds is 5. The number of nitrogens with two attached hydrogens (primary N) is 1. The van der Waals surface area contributed by atoms with Gasteiger partial charge in [0.2, 0.25) is 0 Å². The number of benzene rings is 1. The summed E-state index contributed by atoms with van der Waals surface area (Å²) in [7, 11) is 1.63. The fourth-order valence-electron chi connectivity index (χ4n) is 4.02. The van der Waals surface area contributed by atoms with E-state index in [9.17, 15) is 9.59 Å². The number of carbonyl (C=O) groups is 2. The maximum absolute atomic E-state index is 13.0. The van der Waals surface area contributed by atoms with Crippen LogP contribution in [0.4, 0.5) is 0 Å². The van der Waals surface area contributed by atoms with Gasteiger partial charge >= 0.3 is 5.97 Å². The number of ether oxygens (including phenoxy) is 2. The quantitative estimate of drug-likeness (QED) is 0.624. The van der Waals surface area contributed by atoms with Gasteiger partial charge in [-0.25, -0.2) is 4.79 Å². The minimum Gasteiger partial charge on any atom is -0.459 e. The molecule has 30 heavy (non-hydrogen) atoms. The smallest absolute Gasteiger partial charge is 0.328 e. The highest BCUT2D eigenvalue weighted by molar-refractivity contribution is 6.31. The summed E-state index contributed by atoms with van der Waals surface area (Å²) in [4.78, 5) is 29.1. The number of carbonyl (C=O) groups excluding carboxylic acids is 2. The van der Waals surface area contributed by atoms with Gasteiger partial charge in [0.1, 0.15) is 16.8 Å². The Hall–Kier alpha value is -2.09. The van der Waals surface area contributed by atoms with Crippen LogP contribution in [0.5, 0.6) is 0 Å². The summed E-state index contributed by atoms with van der Waals surface area (Å²) in [6.07, 6.45) is 1.73. The molecule has 8 heteroatoms. The van der Waals surface area contributed by atoms with Gasteiger partial charge in [-0.3, -0.25) is 4.79 Å². The Kier molecular flexibility index (Phi) is 6.45. The molecule has 4 N–H and O–H groups in total. The lowest BCUT2D eigenvalue weighted by molar-refractivity contribution is -0.165. The van der Waals surface area contributed by atoms with E-state index in [2.05, 4.69) is 10.3 Å². The highest BCUT2D eigenvalue weighted by Gasteiger charge is 2.49. The molecule has 3 atom stereocenters. The zero-order chi connectivity index (χ0) is 22.1. The van der Waals surface area contributed by atoms with Gasteiger partial charge in [0.05, 0.1) is 6.04 Å². The zero-order valence-electron chi connectivity index (χ0n) is 17.9. The van der Waals surface area contributed by atoms with Crippen molar-refractivity contribution < 1.29 is 19.1 Å². The van der Waals surface area contributed by atoms with Crippen LogP contribution in [0.1, 0.15) is 50.5 Å². The molecule has 1 heterocycles. The van der Waals surface area contributed by atoms with Crippen LogP contribution in [0.15, 0.2) is 24.3 Å². The molecule has 3 rings (SSSR count). The van der Waals surface area contributed by atoms with Gasteiger partial charge < -0.3 is 25.5 Å². The highest BCUT2D eigenvalue weighted by Crippen LogP contribution is 2.34. The summed E-state index contributed by atoms with van der Waals surface area (Å²) in [5.41, 5.74) is 5.80. The molecule has 7 nitrogen and oxygen atoms in total. The summed E-state index contributed by atoms with van der Waals surface area (Å²) in [6, 6.07) is 6.54. The first-order chi connectivity index (χ1) is 14.0. The Morgan fingerprint density at radius 3 is 2.70 bits per heavy atom. The summed E-state index contributed by atoms with van der Waals surface area (Å²) < 4.78 is 10.9. The molecule has 1 aromatic heterocycles. The number of aromatic nitrogens is 1. The van der Waals surface area contributed by atoms with Crippen molar-refractivity contribution >= 4 is 34.4 Å². The summed E-state index contributed by atoms with van der Waals surface area (Å²) in [6.45, 7) is 5.90. The van der Waals surface area contributed by atoms with Crippen molar-refractivity contribution in [2.45, 2.75) is 57.2 Å². The second kappa shape index (κ2) is 8.57. The summed E-state index contributed by atoms with van der Waals surface area (Å²) in [5.74, 6) is -0.712. The standard InChI is InChI=1S/C22H30ClN3O4/c1-21(2,3)30-20(28)22(24)11-13(12-29-4)5-8-18(22)26-19(27)17-10-14-9-15(23)6-7-16(14)25-17/h6-7,9-10,13,18,25H,5,8,11-12,24H2,1-4H3,(H,26,27). The third kappa shape index (κ3) is 4.96. The van der Waals surface area contributed by atoms with Crippen LogP contribution in [0.3, 0.4) is 0 Å². The molecule has 0 bridgehead atoms. The summed E-state index contributed by atoms with van der Waals surface area (Å²) >= 11 is 6.03. The third-order valence-corrected chi connectivity index (χ3v) is 5.66. The lowest BCUT2D eigenvalue weighted by Gasteiger charge is -2.43. The highest BCUT2D eigenvalue weighted by atomic mass is 35.5. The Labute approximate surface area is 181 Å². The average Bonchev–Trinajstić information content (AvgIpc) is 3.06. The Bertz CT molecular complexity index is 936. The van der Waals surface area contributed by atoms with E-state index in [4.69, 9.17) is 26.8 Å². The van der Waals surface area contributed by atoms with Gasteiger partial charge in [-0.1, -0.05) is 11.6 Å². The molecule has 0 radical (unpaired) electrons. The molecule has 1 saturated carbocycles. The van der Waals surface area contributed by atoms with Crippen molar-refractivity contribution in [2.75, 3.05) is 13.7 Å². The van der Waals surface area contributed by atoms with E-state index in [1.807, 2.05) is 6.07 Å². The molecule has 0 aliphatic heterocycles. The van der Waals surface area contributed by atoms with Crippen molar-refractivity contribution in [2.24, 2.45) is 11.7 Å². The van der Waals surface area contributed by atoms with Crippen LogP contribution in [-0.2, 0) is 14.3 Å². The normalized spacial score (nSPS) is 24.6. The number of hydrogen-bond acceptors (Lipinski definition) is 5. The molecule has 0 spiro atoms. The number of esters is 1. The number of halogens is 1. The van der Waals surface area contributed by atoms with E-state index in [-0.39, 0.29) is 11.8 Å². The van der Waals surface area contributed by atoms with Gasteiger partial charge in [-0.2, -0.15) is 0 Å². The number of nitrogens with one attached hydrogen (secondary N) is 2. The minimum atomic E-state index is -1.33. The molecule has 1 aliphatic rings. The fraction of sp³-hybridized carbons (Fsp3) is 0.545. The van der Waals surface area contributed by atoms with Crippen LogP contribution in [-0.4, -0.2) is 47.8 Å². The van der Waals surface area contributed by atoms with E-state index in [0.29, 0.717) is 30.2 Å². The van der Waals surface area contributed by atoms with Gasteiger partial charge in [-0.05, 0) is 70.2 Å². The number of fused-ring (bicyclic) bond motifs is 1. The molecular weight excluding hydrogens is 406 g/mol. The van der Waals surface area contributed by atoms with Crippen LogP contribution in [0, 0.1) is 5.92 Å². The Morgan fingerprint density at radius 2 is 2.03 bits per heavy atom. The molecule has 2 aromatic rings. The maximum atomic E-state index is 13.0. The van der Waals surface area contributed by atoms with Crippen LogP contribution in [0.2, 0.25) is 5.02 Å². The number of H-pyrrole nitrogens is 1. The lowest BCUT2D eigenvalue weighted by atomic mass is 9.72. The second-order valence-corrected chi connectivity index (χ2v) is 9.52. The molecule has 3 unspecified atom stereocenters. The molecule has 1 fully saturated rings. The second-order valence-electron chi connectivity index (χ2n) is 9.09. The molecule has 164 valence electrons. The maximum Gasteiger partial charge on any atom is 0.328 e. The predicted molar refractivity (Wildman–Crippen MR) is 117 cm³/mol. The topological polar surface area (TPSA) is 106 Å². The minimum absolute atomic E-state index is 0.121. The molecule has 1 aromatic carbocycles. The molecule has 1 aliphatic carbocycles. The van der Waals surface area contributed by atoms with Crippen molar-refractivity contribution in [3.8, 4) is 0 Å². The van der Waals surface area contributed by atoms with Crippen molar-refractivity contribution in [1.82, 2.24) is 10.3 Å². The first-order valence-corrected chi connectivity index (χ1v) is 10.5. The number of methoxy groups -OCH3 is 1. The molecular formula is C22H30ClN3O4. The van der Waals surface area contributed by atoms with Crippen molar-refractivity contribution in [3.63, 3.8) is 0 Å². The predicted octanol–water partition coefficient (Wildman–Crippen LogP) is 3.41. The fourth-order valence-corrected chi connectivity index (χ4v) is 4.20. The van der Waals surface area contributed by atoms with E-state index >= 15 is 0 Å². The van der Waals surface area contributed by atoms with E-state index < -0.39 is 23.2 Å². The third-order valence-electron chi connectivity index (χ3n) is 5.43. The number of aromatic amines is 1. The van der Waals surface area contributed by atoms with Crippen LogP contribution < -0.4 is 11.1 Å². The SMILES string of the molecule is COCC1CCC(NC(=O)c2cc3cc(Cl)ccc3[nH]2)C(N)(C(=O)OC(C)(C)C)C1. The zero-order valence-corrected chi connectivity index (χ0v) is 18.6. The first kappa shape index (κ1) is 22.6. The van der Waals surface area contributed by atoms with Gasteiger partial charge in [0.15, 0.2) is 0 Å². The van der Waals surface area contributed by atoms with Gasteiger partial charge in [0.25, 0.3) is 5.91 Å². The average molecular weight is 436 g/mol. The van der Waals surface area contributed by atoms with Crippen molar-refractivity contribution in [3.05, 3.63) is 35.0 Å².